The van der Waals surface area contributed by atoms with E-state index < -0.39 is 30.0 Å². The number of esters is 1. The summed E-state index contributed by atoms with van der Waals surface area (Å²) in [6.45, 7) is 0.0377. The Balaban J connectivity index is 2.21. The zero-order valence-electron chi connectivity index (χ0n) is 10.2. The van der Waals surface area contributed by atoms with Crippen LogP contribution in [0.15, 0.2) is 18.3 Å². The lowest BCUT2D eigenvalue weighted by molar-refractivity contribution is -0.145. The van der Waals surface area contributed by atoms with Crippen LogP contribution in [0.1, 0.15) is 16.8 Å². The van der Waals surface area contributed by atoms with Crippen LogP contribution in [0.3, 0.4) is 0 Å². The molecular formula is C12H13FN2O4. The van der Waals surface area contributed by atoms with E-state index in [0.717, 1.165) is 12.3 Å². The van der Waals surface area contributed by atoms with Crippen molar-refractivity contribution < 1.29 is 23.8 Å². The minimum absolute atomic E-state index is 0.0377. The second-order valence-corrected chi connectivity index (χ2v) is 4.26. The van der Waals surface area contributed by atoms with Crippen molar-refractivity contribution in [1.82, 2.24) is 9.88 Å². The number of amides is 1. The molecule has 6 nitrogen and oxygen atoms in total. The molecule has 0 saturated carbocycles. The topological polar surface area (TPSA) is 79.7 Å². The lowest BCUT2D eigenvalue weighted by atomic mass is 10.2. The summed E-state index contributed by atoms with van der Waals surface area (Å²) in [5.41, 5.74) is 0.157. The molecule has 0 spiro atoms. The molecule has 0 bridgehead atoms. The number of carbonyl (C=O) groups is 2. The average Bonchev–Trinajstić information content (AvgIpc) is 2.80. The maximum absolute atomic E-state index is 12.7. The van der Waals surface area contributed by atoms with Gasteiger partial charge in [-0.15, -0.1) is 0 Å². The molecule has 1 saturated heterocycles. The van der Waals surface area contributed by atoms with E-state index in [0.29, 0.717) is 0 Å². The van der Waals surface area contributed by atoms with E-state index in [2.05, 4.69) is 9.72 Å². The third-order valence-electron chi connectivity index (χ3n) is 2.99. The van der Waals surface area contributed by atoms with Crippen LogP contribution >= 0.6 is 0 Å². The molecule has 1 aliphatic heterocycles. The van der Waals surface area contributed by atoms with Crippen molar-refractivity contribution in [3.63, 3.8) is 0 Å². The number of likely N-dealkylation sites (tertiary alicyclic amines) is 1. The molecule has 0 aliphatic carbocycles. The summed E-state index contributed by atoms with van der Waals surface area (Å²) < 4.78 is 17.3. The zero-order valence-corrected chi connectivity index (χ0v) is 10.2. The van der Waals surface area contributed by atoms with Gasteiger partial charge in [0.15, 0.2) is 0 Å². The van der Waals surface area contributed by atoms with E-state index >= 15 is 0 Å². The normalized spacial score (nSPS) is 22.4. The number of hydrogen-bond donors (Lipinski definition) is 1. The first-order valence-corrected chi connectivity index (χ1v) is 5.71. The van der Waals surface area contributed by atoms with Crippen LogP contribution in [-0.2, 0) is 9.53 Å². The standard InChI is InChI=1S/C12H13FN2O4/c1-19-12(18)9-4-8(16)6-15(9)11(17)7-2-3-10(13)14-5-7/h2-3,5,8-9,16H,4,6H2,1H3. The molecule has 19 heavy (non-hydrogen) atoms. The first kappa shape index (κ1) is 13.4. The number of nitrogens with zero attached hydrogens (tertiary/aromatic N) is 2. The molecule has 0 radical (unpaired) electrons. The number of rotatable bonds is 2. The molecule has 0 aromatic carbocycles. The van der Waals surface area contributed by atoms with Gasteiger partial charge < -0.3 is 14.7 Å². The highest BCUT2D eigenvalue weighted by Gasteiger charge is 2.39. The fourth-order valence-electron chi connectivity index (χ4n) is 2.07. The molecule has 1 amide bonds. The molecule has 7 heteroatoms. The SMILES string of the molecule is COC(=O)C1CC(O)CN1C(=O)c1ccc(F)nc1. The molecule has 1 aromatic heterocycles. The molecule has 1 aromatic rings. The van der Waals surface area contributed by atoms with Gasteiger partial charge in [-0.05, 0) is 12.1 Å². The largest absolute Gasteiger partial charge is 0.467 e. The van der Waals surface area contributed by atoms with Gasteiger partial charge in [0.2, 0.25) is 5.95 Å². The maximum Gasteiger partial charge on any atom is 0.328 e. The van der Waals surface area contributed by atoms with Crippen molar-refractivity contribution in [2.24, 2.45) is 0 Å². The van der Waals surface area contributed by atoms with E-state index in [-0.39, 0.29) is 18.5 Å². The number of carbonyl (C=O) groups excluding carboxylic acids is 2. The van der Waals surface area contributed by atoms with Crippen molar-refractivity contribution >= 4 is 11.9 Å². The minimum Gasteiger partial charge on any atom is -0.467 e. The number of ether oxygens (including phenoxy) is 1. The summed E-state index contributed by atoms with van der Waals surface area (Å²) in [7, 11) is 1.22. The second-order valence-electron chi connectivity index (χ2n) is 4.26. The monoisotopic (exact) mass is 268 g/mol. The Morgan fingerprint density at radius 3 is 2.84 bits per heavy atom. The second kappa shape index (κ2) is 5.31. The van der Waals surface area contributed by atoms with E-state index in [1.165, 1.54) is 18.1 Å². The van der Waals surface area contributed by atoms with Gasteiger partial charge in [-0.1, -0.05) is 0 Å². The highest BCUT2D eigenvalue weighted by Crippen LogP contribution is 2.21. The Hall–Kier alpha value is -2.02. The Labute approximate surface area is 108 Å². The van der Waals surface area contributed by atoms with Crippen LogP contribution < -0.4 is 0 Å². The summed E-state index contributed by atoms with van der Waals surface area (Å²) in [4.78, 5) is 28.3. The Morgan fingerprint density at radius 2 is 2.26 bits per heavy atom. The first-order chi connectivity index (χ1) is 9.02. The zero-order chi connectivity index (χ0) is 14.0. The van der Waals surface area contributed by atoms with Crippen LogP contribution in [0.4, 0.5) is 4.39 Å². The Kier molecular flexibility index (Phi) is 3.75. The predicted octanol–water partition coefficient (Wildman–Crippen LogP) is -0.0309. The predicted molar refractivity (Wildman–Crippen MR) is 61.7 cm³/mol. The van der Waals surface area contributed by atoms with E-state index in [1.54, 1.807) is 0 Å². The van der Waals surface area contributed by atoms with Crippen LogP contribution in [0.25, 0.3) is 0 Å². The van der Waals surface area contributed by atoms with E-state index in [4.69, 9.17) is 0 Å². The highest BCUT2D eigenvalue weighted by molar-refractivity contribution is 5.97. The maximum atomic E-state index is 12.7. The van der Waals surface area contributed by atoms with Crippen LogP contribution in [0.2, 0.25) is 0 Å². The van der Waals surface area contributed by atoms with E-state index in [9.17, 15) is 19.1 Å². The molecule has 2 atom stereocenters. The van der Waals surface area contributed by atoms with Crippen molar-refractivity contribution in [3.05, 3.63) is 29.8 Å². The first-order valence-electron chi connectivity index (χ1n) is 5.71. The van der Waals surface area contributed by atoms with Crippen molar-refractivity contribution in [1.29, 1.82) is 0 Å². The van der Waals surface area contributed by atoms with Gasteiger partial charge in [0.05, 0.1) is 18.8 Å². The fourth-order valence-corrected chi connectivity index (χ4v) is 2.07. The van der Waals surface area contributed by atoms with Crippen molar-refractivity contribution in [2.75, 3.05) is 13.7 Å². The lowest BCUT2D eigenvalue weighted by Gasteiger charge is -2.22. The average molecular weight is 268 g/mol. The summed E-state index contributed by atoms with van der Waals surface area (Å²) in [6.07, 6.45) is 0.450. The van der Waals surface area contributed by atoms with Gasteiger partial charge in [0.25, 0.3) is 5.91 Å². The van der Waals surface area contributed by atoms with Gasteiger partial charge >= 0.3 is 5.97 Å². The number of methoxy groups -OCH3 is 1. The number of pyridine rings is 1. The Bertz CT molecular complexity index is 491. The summed E-state index contributed by atoms with van der Waals surface area (Å²) >= 11 is 0. The van der Waals surface area contributed by atoms with Crippen LogP contribution in [-0.4, -0.2) is 52.7 Å². The number of halogens is 1. The molecule has 2 heterocycles. The van der Waals surface area contributed by atoms with E-state index in [1.807, 2.05) is 0 Å². The number of aliphatic hydroxyl groups excluding tert-OH is 1. The smallest absolute Gasteiger partial charge is 0.328 e. The lowest BCUT2D eigenvalue weighted by Crippen LogP contribution is -2.41. The third kappa shape index (κ3) is 2.70. The molecule has 1 aliphatic rings. The summed E-state index contributed by atoms with van der Waals surface area (Å²) in [6, 6.07) is 1.52. The number of β-amino-alcohol motifs (C(OH)–C–C–N with tert-alkyl or cyclic N) is 1. The van der Waals surface area contributed by atoms with Gasteiger partial charge in [-0.3, -0.25) is 4.79 Å². The van der Waals surface area contributed by atoms with Crippen molar-refractivity contribution in [2.45, 2.75) is 18.6 Å². The van der Waals surface area contributed by atoms with Gasteiger partial charge in [0, 0.05) is 19.2 Å². The fraction of sp³-hybridized carbons (Fsp3) is 0.417. The van der Waals surface area contributed by atoms with Gasteiger partial charge in [-0.25, -0.2) is 9.78 Å². The quantitative estimate of drug-likeness (QED) is 0.602. The number of aliphatic hydroxyl groups is 1. The molecule has 2 unspecified atom stereocenters. The third-order valence-corrected chi connectivity index (χ3v) is 2.99. The highest BCUT2D eigenvalue weighted by atomic mass is 19.1. The molecular weight excluding hydrogens is 255 g/mol. The summed E-state index contributed by atoms with van der Waals surface area (Å²) in [5.74, 6) is -1.76. The molecule has 1 N–H and O–H groups in total. The number of aromatic nitrogens is 1. The molecule has 1 fully saturated rings. The number of hydrogen-bond acceptors (Lipinski definition) is 5. The summed E-state index contributed by atoms with van der Waals surface area (Å²) in [5, 5.41) is 9.58. The molecule has 2 rings (SSSR count). The molecule has 102 valence electrons. The van der Waals surface area contributed by atoms with Crippen LogP contribution in [0.5, 0.6) is 0 Å². The van der Waals surface area contributed by atoms with Crippen LogP contribution in [0, 0.1) is 5.95 Å². The van der Waals surface area contributed by atoms with Gasteiger partial charge in [-0.2, -0.15) is 4.39 Å². The van der Waals surface area contributed by atoms with Crippen molar-refractivity contribution in [3.8, 4) is 0 Å². The van der Waals surface area contributed by atoms with Gasteiger partial charge in [0.1, 0.15) is 6.04 Å². The Morgan fingerprint density at radius 1 is 1.53 bits per heavy atom. The minimum atomic E-state index is -0.822.